The highest BCUT2D eigenvalue weighted by atomic mass is 16.6. The zero-order valence-electron chi connectivity index (χ0n) is 10.2. The fourth-order valence-electron chi connectivity index (χ4n) is 1.58. The van der Waals surface area contributed by atoms with Crippen molar-refractivity contribution in [2.45, 2.75) is 0 Å². The molecule has 0 saturated carbocycles. The van der Waals surface area contributed by atoms with Crippen LogP contribution in [0.3, 0.4) is 0 Å². The van der Waals surface area contributed by atoms with Crippen LogP contribution < -0.4 is 4.90 Å². The van der Waals surface area contributed by atoms with Gasteiger partial charge >= 0.3 is 0 Å². The summed E-state index contributed by atoms with van der Waals surface area (Å²) in [5.74, 6) is -0.269. The van der Waals surface area contributed by atoms with Crippen molar-refractivity contribution in [3.8, 4) is 0 Å². The zero-order chi connectivity index (χ0) is 13.8. The molecule has 1 amide bonds. The highest BCUT2D eigenvalue weighted by molar-refractivity contribution is 6.04. The summed E-state index contributed by atoms with van der Waals surface area (Å²) in [4.78, 5) is 27.5. The van der Waals surface area contributed by atoms with Crippen LogP contribution in [0.4, 0.5) is 11.4 Å². The quantitative estimate of drug-likeness (QED) is 0.624. The van der Waals surface area contributed by atoms with Crippen molar-refractivity contribution in [2.24, 2.45) is 0 Å². The van der Waals surface area contributed by atoms with E-state index in [9.17, 15) is 14.9 Å². The summed E-state index contributed by atoms with van der Waals surface area (Å²) in [7, 11) is 1.60. The molecule has 2 rings (SSSR count). The number of aromatic nitrogens is 1. The zero-order valence-corrected chi connectivity index (χ0v) is 10.2. The normalized spacial score (nSPS) is 9.95. The molecule has 0 atom stereocenters. The molecule has 0 bridgehead atoms. The number of hydrogen-bond donors (Lipinski definition) is 0. The van der Waals surface area contributed by atoms with Gasteiger partial charge in [-0.25, -0.2) is 0 Å². The van der Waals surface area contributed by atoms with Gasteiger partial charge in [0, 0.05) is 31.1 Å². The molecule has 0 spiro atoms. The van der Waals surface area contributed by atoms with E-state index in [0.717, 1.165) is 0 Å². The van der Waals surface area contributed by atoms with Crippen LogP contribution in [0.2, 0.25) is 0 Å². The van der Waals surface area contributed by atoms with Gasteiger partial charge in [-0.1, -0.05) is 6.07 Å². The lowest BCUT2D eigenvalue weighted by Gasteiger charge is -2.16. The lowest BCUT2D eigenvalue weighted by atomic mass is 10.2. The first-order valence-corrected chi connectivity index (χ1v) is 5.53. The Bertz CT molecular complexity index is 596. The second kappa shape index (κ2) is 5.26. The number of nitro groups is 1. The number of non-ortho nitro benzene ring substituents is 1. The van der Waals surface area contributed by atoms with Crippen LogP contribution in [-0.2, 0) is 0 Å². The minimum atomic E-state index is -0.482. The smallest absolute Gasteiger partial charge is 0.276 e. The summed E-state index contributed by atoms with van der Waals surface area (Å²) in [6.45, 7) is 0. The van der Waals surface area contributed by atoms with Gasteiger partial charge < -0.3 is 4.90 Å². The molecule has 1 aromatic heterocycles. The number of nitro benzene ring substituents is 1. The summed E-state index contributed by atoms with van der Waals surface area (Å²) < 4.78 is 0. The average molecular weight is 257 g/mol. The Balaban J connectivity index is 2.22. The Kier molecular flexibility index (Phi) is 3.51. The van der Waals surface area contributed by atoms with Crippen LogP contribution in [0.25, 0.3) is 0 Å². The molecule has 1 heterocycles. The molecular weight excluding hydrogens is 246 g/mol. The molecule has 1 aromatic carbocycles. The predicted octanol–water partition coefficient (Wildman–Crippen LogP) is 2.27. The van der Waals surface area contributed by atoms with Crippen LogP contribution in [0.5, 0.6) is 0 Å². The number of rotatable bonds is 3. The van der Waals surface area contributed by atoms with E-state index in [1.807, 2.05) is 0 Å². The molecular formula is C13H11N3O3. The third-order valence-corrected chi connectivity index (χ3v) is 2.64. The average Bonchev–Trinajstić information content (AvgIpc) is 2.46. The number of benzene rings is 1. The summed E-state index contributed by atoms with van der Waals surface area (Å²) >= 11 is 0. The number of carbonyl (C=O) groups excluding carboxylic acids is 1. The number of anilines is 1. The Labute approximate surface area is 109 Å². The Morgan fingerprint density at radius 3 is 2.42 bits per heavy atom. The van der Waals surface area contributed by atoms with E-state index in [-0.39, 0.29) is 11.6 Å². The topological polar surface area (TPSA) is 76.3 Å². The molecule has 0 aliphatic rings. The van der Waals surface area contributed by atoms with E-state index in [1.165, 1.54) is 35.4 Å². The summed E-state index contributed by atoms with van der Waals surface area (Å²) in [6, 6.07) is 10.8. The third-order valence-electron chi connectivity index (χ3n) is 2.64. The molecule has 0 aliphatic carbocycles. The number of carbonyl (C=O) groups is 1. The monoisotopic (exact) mass is 257 g/mol. The number of nitrogens with zero attached hydrogens (tertiary/aromatic N) is 3. The van der Waals surface area contributed by atoms with Crippen LogP contribution in [0.1, 0.15) is 10.5 Å². The maximum atomic E-state index is 12.1. The second-order valence-corrected chi connectivity index (χ2v) is 3.85. The van der Waals surface area contributed by atoms with Crippen molar-refractivity contribution in [2.75, 3.05) is 11.9 Å². The molecule has 19 heavy (non-hydrogen) atoms. The molecule has 0 fully saturated rings. The molecule has 96 valence electrons. The highest BCUT2D eigenvalue weighted by Gasteiger charge is 2.15. The molecule has 2 aromatic rings. The van der Waals surface area contributed by atoms with Gasteiger partial charge in [0.15, 0.2) is 0 Å². The molecule has 6 nitrogen and oxygen atoms in total. The van der Waals surface area contributed by atoms with E-state index < -0.39 is 4.92 Å². The Hall–Kier alpha value is -2.76. The first-order valence-electron chi connectivity index (χ1n) is 5.53. The minimum Gasteiger partial charge on any atom is -0.310 e. The Morgan fingerprint density at radius 1 is 1.21 bits per heavy atom. The number of amides is 1. The summed E-state index contributed by atoms with van der Waals surface area (Å²) in [5, 5.41) is 10.6. The van der Waals surface area contributed by atoms with Crippen molar-refractivity contribution in [1.82, 2.24) is 4.98 Å². The van der Waals surface area contributed by atoms with Crippen LogP contribution in [0, 0.1) is 10.1 Å². The fourth-order valence-corrected chi connectivity index (χ4v) is 1.58. The third kappa shape index (κ3) is 2.74. The van der Waals surface area contributed by atoms with Gasteiger partial charge in [-0.05, 0) is 24.3 Å². The Morgan fingerprint density at radius 2 is 1.89 bits per heavy atom. The maximum Gasteiger partial charge on any atom is 0.276 e. The standard InChI is InChI=1S/C13H11N3O3/c1-15(13(17)12-4-2-3-9-14-12)10-5-7-11(8-6-10)16(18)19/h2-9H,1H3. The van der Waals surface area contributed by atoms with Gasteiger partial charge in [0.25, 0.3) is 11.6 Å². The molecule has 6 heteroatoms. The molecule has 0 radical (unpaired) electrons. The fraction of sp³-hybridized carbons (Fsp3) is 0.0769. The maximum absolute atomic E-state index is 12.1. The minimum absolute atomic E-state index is 0.0116. The van der Waals surface area contributed by atoms with Gasteiger partial charge in [0.05, 0.1) is 4.92 Å². The molecule has 0 saturated heterocycles. The van der Waals surface area contributed by atoms with Gasteiger partial charge in [-0.3, -0.25) is 19.9 Å². The van der Waals surface area contributed by atoms with Gasteiger partial charge in [0.1, 0.15) is 5.69 Å². The second-order valence-electron chi connectivity index (χ2n) is 3.85. The van der Waals surface area contributed by atoms with E-state index in [2.05, 4.69) is 4.98 Å². The SMILES string of the molecule is CN(C(=O)c1ccccn1)c1ccc([N+](=O)[O-])cc1. The van der Waals surface area contributed by atoms with Crippen molar-refractivity contribution in [3.05, 3.63) is 64.5 Å². The predicted molar refractivity (Wildman–Crippen MR) is 70.1 cm³/mol. The van der Waals surface area contributed by atoms with Crippen molar-refractivity contribution in [1.29, 1.82) is 0 Å². The van der Waals surface area contributed by atoms with E-state index >= 15 is 0 Å². The van der Waals surface area contributed by atoms with Crippen LogP contribution in [-0.4, -0.2) is 22.9 Å². The molecule has 0 N–H and O–H groups in total. The van der Waals surface area contributed by atoms with Crippen LogP contribution in [0.15, 0.2) is 48.7 Å². The first-order chi connectivity index (χ1) is 9.09. The van der Waals surface area contributed by atoms with Crippen LogP contribution >= 0.6 is 0 Å². The molecule has 0 unspecified atom stereocenters. The lowest BCUT2D eigenvalue weighted by molar-refractivity contribution is -0.384. The first kappa shape index (κ1) is 12.7. The lowest BCUT2D eigenvalue weighted by Crippen LogP contribution is -2.26. The van der Waals surface area contributed by atoms with E-state index in [4.69, 9.17) is 0 Å². The van der Waals surface area contributed by atoms with Crippen molar-refractivity contribution < 1.29 is 9.72 Å². The largest absolute Gasteiger partial charge is 0.310 e. The summed E-state index contributed by atoms with van der Waals surface area (Å²) in [6.07, 6.45) is 1.54. The summed E-state index contributed by atoms with van der Waals surface area (Å²) in [5.41, 5.74) is 0.882. The van der Waals surface area contributed by atoms with Crippen molar-refractivity contribution >= 4 is 17.3 Å². The highest BCUT2D eigenvalue weighted by Crippen LogP contribution is 2.19. The molecule has 0 aliphatic heterocycles. The van der Waals surface area contributed by atoms with Gasteiger partial charge in [-0.15, -0.1) is 0 Å². The van der Waals surface area contributed by atoms with E-state index in [1.54, 1.807) is 25.2 Å². The van der Waals surface area contributed by atoms with E-state index in [0.29, 0.717) is 11.4 Å². The number of hydrogen-bond acceptors (Lipinski definition) is 4. The van der Waals surface area contributed by atoms with Gasteiger partial charge in [0.2, 0.25) is 0 Å². The van der Waals surface area contributed by atoms with Gasteiger partial charge in [-0.2, -0.15) is 0 Å². The number of pyridine rings is 1. The van der Waals surface area contributed by atoms with Crippen molar-refractivity contribution in [3.63, 3.8) is 0 Å².